The summed E-state index contributed by atoms with van der Waals surface area (Å²) in [5.74, 6) is 1.18. The van der Waals surface area contributed by atoms with E-state index in [0.717, 1.165) is 18.4 Å². The molecule has 2 aromatic carbocycles. The van der Waals surface area contributed by atoms with Gasteiger partial charge in [-0.25, -0.2) is 0 Å². The predicted octanol–water partition coefficient (Wildman–Crippen LogP) is 4.13. The van der Waals surface area contributed by atoms with Crippen molar-refractivity contribution in [2.24, 2.45) is 0 Å². The third-order valence-corrected chi connectivity index (χ3v) is 3.90. The van der Waals surface area contributed by atoms with Crippen LogP contribution in [0.15, 0.2) is 42.5 Å². The lowest BCUT2D eigenvalue weighted by molar-refractivity contribution is 0.163. The number of benzene rings is 2. The number of aliphatic hydroxyl groups is 1. The lowest BCUT2D eigenvalue weighted by Gasteiger charge is -2.12. The minimum Gasteiger partial charge on any atom is -0.454 e. The van der Waals surface area contributed by atoms with Crippen LogP contribution in [0.5, 0.6) is 11.5 Å². The summed E-state index contributed by atoms with van der Waals surface area (Å²) < 4.78 is 10.6. The van der Waals surface area contributed by atoms with Gasteiger partial charge < -0.3 is 14.6 Å². The van der Waals surface area contributed by atoms with Crippen molar-refractivity contribution in [2.75, 3.05) is 6.79 Å². The molecule has 1 heterocycles. The molecule has 1 aliphatic heterocycles. The van der Waals surface area contributed by atoms with Crippen molar-refractivity contribution >= 4 is 11.6 Å². The summed E-state index contributed by atoms with van der Waals surface area (Å²) in [6.45, 7) is 0.183. The van der Waals surface area contributed by atoms with E-state index in [1.54, 1.807) is 12.1 Å². The maximum atomic E-state index is 10.3. The molecule has 1 N–H and O–H groups in total. The van der Waals surface area contributed by atoms with Gasteiger partial charge in [-0.2, -0.15) is 0 Å². The van der Waals surface area contributed by atoms with E-state index in [1.807, 2.05) is 18.2 Å². The van der Waals surface area contributed by atoms with E-state index in [9.17, 15) is 5.11 Å². The van der Waals surface area contributed by atoms with E-state index < -0.39 is 6.10 Å². The fraction of sp³-hybridized carbons (Fsp3) is 0.294. The zero-order valence-corrected chi connectivity index (χ0v) is 12.3. The highest BCUT2D eigenvalue weighted by molar-refractivity contribution is 6.32. The Hall–Kier alpha value is -1.71. The molecule has 110 valence electrons. The molecule has 0 saturated heterocycles. The molecule has 0 spiro atoms. The van der Waals surface area contributed by atoms with Crippen LogP contribution in [0.1, 0.15) is 30.1 Å². The fourth-order valence-corrected chi connectivity index (χ4v) is 2.76. The van der Waals surface area contributed by atoms with Crippen LogP contribution < -0.4 is 9.47 Å². The van der Waals surface area contributed by atoms with Crippen LogP contribution >= 0.6 is 11.6 Å². The summed E-state index contributed by atoms with van der Waals surface area (Å²) in [5.41, 5.74) is 2.06. The van der Waals surface area contributed by atoms with Crippen LogP contribution in [0, 0.1) is 0 Å². The third-order valence-electron chi connectivity index (χ3n) is 3.62. The summed E-state index contributed by atoms with van der Waals surface area (Å²) in [4.78, 5) is 0. The normalized spacial score (nSPS) is 14.2. The highest BCUT2D eigenvalue weighted by Crippen LogP contribution is 2.41. The highest BCUT2D eigenvalue weighted by atomic mass is 35.5. The monoisotopic (exact) mass is 304 g/mol. The lowest BCUT2D eigenvalue weighted by atomic mass is 10.0. The minimum atomic E-state index is -0.541. The second-order valence-electron chi connectivity index (χ2n) is 5.13. The van der Waals surface area contributed by atoms with Gasteiger partial charge >= 0.3 is 0 Å². The molecule has 3 rings (SSSR count). The standard InChI is InChI=1S/C17H17ClO3/c18-14-9-13(10-16-17(14)21-11-20-16)15(19)8-4-7-12-5-2-1-3-6-12/h1-3,5-6,9-10,15,19H,4,7-8,11H2. The molecular weight excluding hydrogens is 288 g/mol. The molecule has 21 heavy (non-hydrogen) atoms. The van der Waals surface area contributed by atoms with Gasteiger partial charge in [-0.1, -0.05) is 41.9 Å². The van der Waals surface area contributed by atoms with E-state index in [-0.39, 0.29) is 6.79 Å². The molecule has 1 unspecified atom stereocenters. The third kappa shape index (κ3) is 3.31. The first-order chi connectivity index (χ1) is 10.2. The SMILES string of the molecule is OC(CCCc1ccccc1)c1cc(Cl)c2c(c1)OCO2. The van der Waals surface area contributed by atoms with Crippen LogP contribution in [0.25, 0.3) is 0 Å². The van der Waals surface area contributed by atoms with E-state index in [1.165, 1.54) is 5.56 Å². The number of ether oxygens (including phenoxy) is 2. The maximum absolute atomic E-state index is 10.3. The van der Waals surface area contributed by atoms with Gasteiger partial charge in [-0.15, -0.1) is 0 Å². The van der Waals surface area contributed by atoms with Crippen LogP contribution in [-0.4, -0.2) is 11.9 Å². The summed E-state index contributed by atoms with van der Waals surface area (Å²) in [5, 5.41) is 10.8. The topological polar surface area (TPSA) is 38.7 Å². The number of aliphatic hydroxyl groups excluding tert-OH is 1. The highest BCUT2D eigenvalue weighted by Gasteiger charge is 2.20. The summed E-state index contributed by atoms with van der Waals surface area (Å²) >= 11 is 6.13. The van der Waals surface area contributed by atoms with E-state index >= 15 is 0 Å². The summed E-state index contributed by atoms with van der Waals surface area (Å²) in [6, 6.07) is 13.8. The molecule has 1 aliphatic rings. The summed E-state index contributed by atoms with van der Waals surface area (Å²) in [7, 11) is 0. The van der Waals surface area contributed by atoms with E-state index in [4.69, 9.17) is 21.1 Å². The first-order valence-electron chi connectivity index (χ1n) is 7.05. The Morgan fingerprint density at radius 2 is 1.95 bits per heavy atom. The number of aryl methyl sites for hydroxylation is 1. The Morgan fingerprint density at radius 3 is 2.76 bits per heavy atom. The minimum absolute atomic E-state index is 0.183. The Labute approximate surface area is 129 Å². The molecule has 0 aromatic heterocycles. The van der Waals surface area contributed by atoms with E-state index in [2.05, 4.69) is 12.1 Å². The Balaban J connectivity index is 1.61. The van der Waals surface area contributed by atoms with Crippen LogP contribution in [0.2, 0.25) is 5.02 Å². The molecule has 0 fully saturated rings. The molecule has 3 nitrogen and oxygen atoms in total. The molecule has 2 aromatic rings. The number of hydrogen-bond donors (Lipinski definition) is 1. The molecule has 4 heteroatoms. The molecular formula is C17H17ClO3. The van der Waals surface area contributed by atoms with Crippen LogP contribution in [-0.2, 0) is 6.42 Å². The average molecular weight is 305 g/mol. The van der Waals surface area contributed by atoms with Crippen molar-refractivity contribution in [2.45, 2.75) is 25.4 Å². The predicted molar refractivity (Wildman–Crippen MR) is 81.9 cm³/mol. The molecule has 0 radical (unpaired) electrons. The quantitative estimate of drug-likeness (QED) is 0.903. The number of halogens is 1. The molecule has 0 bridgehead atoms. The van der Waals surface area contributed by atoms with Crippen molar-refractivity contribution in [3.63, 3.8) is 0 Å². The molecule has 0 amide bonds. The Kier molecular flexibility index (Phi) is 4.32. The van der Waals surface area contributed by atoms with Gasteiger partial charge in [0, 0.05) is 0 Å². The van der Waals surface area contributed by atoms with Crippen molar-refractivity contribution in [3.8, 4) is 11.5 Å². The first-order valence-corrected chi connectivity index (χ1v) is 7.43. The number of fused-ring (bicyclic) bond motifs is 1. The number of rotatable bonds is 5. The zero-order chi connectivity index (χ0) is 14.7. The fourth-order valence-electron chi connectivity index (χ4n) is 2.49. The average Bonchev–Trinajstić information content (AvgIpc) is 2.97. The Morgan fingerprint density at radius 1 is 1.14 bits per heavy atom. The largest absolute Gasteiger partial charge is 0.454 e. The molecule has 1 atom stereocenters. The van der Waals surface area contributed by atoms with Gasteiger partial charge in [0.25, 0.3) is 0 Å². The van der Waals surface area contributed by atoms with Gasteiger partial charge in [-0.05, 0) is 42.5 Å². The maximum Gasteiger partial charge on any atom is 0.231 e. The van der Waals surface area contributed by atoms with Crippen LogP contribution in [0.3, 0.4) is 0 Å². The zero-order valence-electron chi connectivity index (χ0n) is 11.6. The van der Waals surface area contributed by atoms with Crippen molar-refractivity contribution in [1.29, 1.82) is 0 Å². The van der Waals surface area contributed by atoms with Gasteiger partial charge in [0.15, 0.2) is 11.5 Å². The second-order valence-corrected chi connectivity index (χ2v) is 5.54. The van der Waals surface area contributed by atoms with Gasteiger partial charge in [0.1, 0.15) is 0 Å². The van der Waals surface area contributed by atoms with E-state index in [0.29, 0.717) is 22.9 Å². The first kappa shape index (κ1) is 14.2. The van der Waals surface area contributed by atoms with Gasteiger partial charge in [0.05, 0.1) is 11.1 Å². The van der Waals surface area contributed by atoms with Crippen LogP contribution in [0.4, 0.5) is 0 Å². The van der Waals surface area contributed by atoms with Gasteiger partial charge in [0.2, 0.25) is 6.79 Å². The van der Waals surface area contributed by atoms with Crippen molar-refractivity contribution < 1.29 is 14.6 Å². The Bertz CT molecular complexity index is 613. The van der Waals surface area contributed by atoms with Crippen molar-refractivity contribution in [3.05, 3.63) is 58.6 Å². The second kappa shape index (κ2) is 6.37. The smallest absolute Gasteiger partial charge is 0.231 e. The van der Waals surface area contributed by atoms with Gasteiger partial charge in [-0.3, -0.25) is 0 Å². The molecule has 0 aliphatic carbocycles. The number of hydrogen-bond acceptors (Lipinski definition) is 3. The van der Waals surface area contributed by atoms with Crippen molar-refractivity contribution in [1.82, 2.24) is 0 Å². The lowest BCUT2D eigenvalue weighted by Crippen LogP contribution is -1.99. The summed E-state index contributed by atoms with van der Waals surface area (Å²) in [6.07, 6.45) is 2.01. The molecule has 0 saturated carbocycles.